The second kappa shape index (κ2) is 13.0. The van der Waals surface area contributed by atoms with Gasteiger partial charge in [0.05, 0.1) is 35.5 Å². The van der Waals surface area contributed by atoms with Crippen molar-refractivity contribution in [2.75, 3.05) is 71.5 Å². The van der Waals surface area contributed by atoms with Crippen LogP contribution in [-0.2, 0) is 4.74 Å². The number of piperazine rings is 1. The van der Waals surface area contributed by atoms with Gasteiger partial charge in [-0.3, -0.25) is 5.10 Å². The molecule has 40 heavy (non-hydrogen) atoms. The van der Waals surface area contributed by atoms with Crippen LogP contribution in [0.3, 0.4) is 0 Å². The number of anilines is 1. The first kappa shape index (κ1) is 28.3. The van der Waals surface area contributed by atoms with Gasteiger partial charge in [-0.1, -0.05) is 47.5 Å². The van der Waals surface area contributed by atoms with Crippen molar-refractivity contribution >= 4 is 41.5 Å². The molecule has 0 amide bonds. The van der Waals surface area contributed by atoms with Gasteiger partial charge in [0.15, 0.2) is 5.82 Å². The van der Waals surface area contributed by atoms with Gasteiger partial charge in [0.2, 0.25) is 0 Å². The minimum absolute atomic E-state index is 0.663. The van der Waals surface area contributed by atoms with Crippen LogP contribution < -0.4 is 4.90 Å². The molecule has 0 spiro atoms. The molecule has 6 rings (SSSR count). The summed E-state index contributed by atoms with van der Waals surface area (Å²) in [6.45, 7) is 12.1. The molecule has 0 radical (unpaired) electrons. The zero-order valence-electron chi connectivity index (χ0n) is 23.9. The number of nitrogens with zero attached hydrogens (tertiary/aromatic N) is 6. The van der Waals surface area contributed by atoms with E-state index in [0.29, 0.717) is 19.0 Å². The Bertz CT molecular complexity index is 1440. The lowest BCUT2D eigenvalue weighted by molar-refractivity contribution is 0.122. The Hall–Kier alpha value is -3.24. The minimum atomic E-state index is 0.663. The van der Waals surface area contributed by atoms with Crippen molar-refractivity contribution in [3.05, 3.63) is 65.0 Å². The molecule has 2 aromatic heterocycles. The van der Waals surface area contributed by atoms with E-state index in [1.54, 1.807) is 0 Å². The first-order chi connectivity index (χ1) is 19.4. The fraction of sp³-hybridized carbons (Fsp3) is 0.387. The number of morpholine rings is 1. The molecule has 0 atom stereocenters. The summed E-state index contributed by atoms with van der Waals surface area (Å²) in [5.41, 5.74) is 6.31. The fourth-order valence-corrected chi connectivity index (χ4v) is 5.36. The van der Waals surface area contributed by atoms with E-state index in [1.165, 1.54) is 37.3 Å². The summed E-state index contributed by atoms with van der Waals surface area (Å²) >= 11 is 4.85. The van der Waals surface area contributed by atoms with Crippen LogP contribution in [0, 0.1) is 13.8 Å². The summed E-state index contributed by atoms with van der Waals surface area (Å²) in [6.07, 6.45) is 5.94. The van der Waals surface area contributed by atoms with E-state index in [-0.39, 0.29) is 0 Å². The molecule has 2 aliphatic rings. The number of hydrogen-bond donors (Lipinski definition) is 2. The lowest BCUT2D eigenvalue weighted by Gasteiger charge is -2.29. The normalized spacial score (nSPS) is 16.9. The number of benzene rings is 2. The third-order valence-corrected chi connectivity index (χ3v) is 7.76. The third kappa shape index (κ3) is 6.90. The average molecular weight is 558 g/mol. The van der Waals surface area contributed by atoms with E-state index in [1.807, 2.05) is 30.5 Å². The summed E-state index contributed by atoms with van der Waals surface area (Å²) in [5.74, 6) is 1.50. The molecule has 210 valence electrons. The number of fused-ring (bicyclic) bond motifs is 1. The molecule has 2 aliphatic heterocycles. The van der Waals surface area contributed by atoms with Gasteiger partial charge in [-0.25, -0.2) is 9.97 Å². The molecule has 0 bridgehead atoms. The van der Waals surface area contributed by atoms with Gasteiger partial charge in [0.25, 0.3) is 0 Å². The first-order valence-corrected chi connectivity index (χ1v) is 14.3. The summed E-state index contributed by atoms with van der Waals surface area (Å²) in [6, 6.07) is 12.5. The van der Waals surface area contributed by atoms with E-state index in [9.17, 15) is 0 Å². The van der Waals surface area contributed by atoms with E-state index >= 15 is 0 Å². The van der Waals surface area contributed by atoms with Crippen molar-refractivity contribution in [2.24, 2.45) is 0 Å². The summed E-state index contributed by atoms with van der Waals surface area (Å²) in [7, 11) is 4.35. The molecule has 4 aromatic rings. The minimum Gasteiger partial charge on any atom is -0.378 e. The van der Waals surface area contributed by atoms with Gasteiger partial charge < -0.3 is 19.4 Å². The average Bonchev–Trinajstić information content (AvgIpc) is 3.44. The zero-order valence-corrected chi connectivity index (χ0v) is 24.8. The number of thiol groups is 1. The highest BCUT2D eigenvalue weighted by Gasteiger charge is 2.20. The quantitative estimate of drug-likeness (QED) is 0.350. The number of likely N-dealkylation sites (N-methyl/N-ethyl adjacent to an activating group) is 2. The topological polar surface area (TPSA) is 73.4 Å². The summed E-state index contributed by atoms with van der Waals surface area (Å²) < 4.78 is 5.54. The number of nitrogens with one attached hydrogen (secondary N) is 1. The Kier molecular flexibility index (Phi) is 9.16. The fourth-order valence-electron chi connectivity index (χ4n) is 5.04. The third-order valence-electron chi connectivity index (χ3n) is 7.33. The van der Waals surface area contributed by atoms with Crippen LogP contribution in [0.5, 0.6) is 0 Å². The van der Waals surface area contributed by atoms with Crippen LogP contribution in [0.2, 0.25) is 0 Å². The Morgan fingerprint density at radius 2 is 1.55 bits per heavy atom. The molecule has 0 unspecified atom stereocenters. The van der Waals surface area contributed by atoms with E-state index < -0.39 is 0 Å². The Balaban J connectivity index is 0.000000348. The van der Waals surface area contributed by atoms with E-state index in [0.717, 1.165) is 51.5 Å². The van der Waals surface area contributed by atoms with E-state index in [2.05, 4.69) is 77.1 Å². The van der Waals surface area contributed by atoms with Crippen molar-refractivity contribution in [3.63, 3.8) is 0 Å². The number of H-pyrrole nitrogens is 1. The van der Waals surface area contributed by atoms with Crippen molar-refractivity contribution in [1.82, 2.24) is 30.0 Å². The smallest absolute Gasteiger partial charge is 0.162 e. The van der Waals surface area contributed by atoms with E-state index in [4.69, 9.17) is 27.3 Å². The van der Waals surface area contributed by atoms with Crippen LogP contribution in [0.4, 0.5) is 5.82 Å². The van der Waals surface area contributed by atoms with Crippen molar-refractivity contribution < 1.29 is 4.74 Å². The molecule has 0 saturated carbocycles. The maximum atomic E-state index is 5.54. The highest BCUT2D eigenvalue weighted by molar-refractivity contribution is 7.80. The Morgan fingerprint density at radius 1 is 0.875 bits per heavy atom. The van der Waals surface area contributed by atoms with Crippen molar-refractivity contribution in [3.8, 4) is 11.4 Å². The van der Waals surface area contributed by atoms with Crippen LogP contribution in [0.25, 0.3) is 34.4 Å². The van der Waals surface area contributed by atoms with Gasteiger partial charge >= 0.3 is 0 Å². The highest BCUT2D eigenvalue weighted by atomic mass is 32.1. The number of aromatic amines is 1. The lowest BCUT2D eigenvalue weighted by Crippen LogP contribution is -2.42. The summed E-state index contributed by atoms with van der Waals surface area (Å²) in [5, 5.41) is 8.22. The molecular weight excluding hydrogens is 518 g/mol. The van der Waals surface area contributed by atoms with Gasteiger partial charge in [-0.2, -0.15) is 5.10 Å². The SMILES string of the molecule is CN1CCN(C)CC1.Cc1cc(C)cc(/C=C/c2nc(-c3cccc4[nH]ncc34)nc(N3CCOCC3)c2S)c1. The Morgan fingerprint density at radius 3 is 2.23 bits per heavy atom. The van der Waals surface area contributed by atoms with Crippen LogP contribution >= 0.6 is 12.6 Å². The largest absolute Gasteiger partial charge is 0.378 e. The van der Waals surface area contributed by atoms with Crippen molar-refractivity contribution in [1.29, 1.82) is 0 Å². The second-order valence-corrected chi connectivity index (χ2v) is 11.1. The zero-order chi connectivity index (χ0) is 28.1. The van der Waals surface area contributed by atoms with Gasteiger partial charge in [-0.05, 0) is 45.6 Å². The van der Waals surface area contributed by atoms with Gasteiger partial charge in [-0.15, -0.1) is 12.6 Å². The standard InChI is InChI=1S/C25H25N5OS.C6H14N2/c1-16-12-17(2)14-18(13-16)6-7-22-23(32)25(30-8-10-31-11-9-30)28-24(27-22)19-4-3-5-21-20(19)15-26-29-21;1-7-3-5-8(2)6-4-7/h3-7,12-15,32H,8-11H2,1-2H3,(H,26,29);3-6H2,1-2H3/b7-6+;. The monoisotopic (exact) mass is 557 g/mol. The van der Waals surface area contributed by atoms with Crippen molar-refractivity contribution in [2.45, 2.75) is 18.7 Å². The molecule has 2 saturated heterocycles. The number of ether oxygens (including phenoxy) is 1. The van der Waals surface area contributed by atoms with Crippen LogP contribution in [0.15, 0.2) is 47.5 Å². The lowest BCUT2D eigenvalue weighted by atomic mass is 10.1. The predicted molar refractivity (Wildman–Crippen MR) is 167 cm³/mol. The van der Waals surface area contributed by atoms with Crippen LogP contribution in [-0.4, -0.2) is 96.5 Å². The maximum absolute atomic E-state index is 5.54. The molecule has 9 heteroatoms. The number of rotatable bonds is 4. The first-order valence-electron chi connectivity index (χ1n) is 13.9. The molecule has 2 aromatic carbocycles. The van der Waals surface area contributed by atoms with Gasteiger partial charge in [0.1, 0.15) is 5.82 Å². The number of hydrogen-bond acceptors (Lipinski definition) is 8. The highest BCUT2D eigenvalue weighted by Crippen LogP contribution is 2.32. The molecular formula is C31H39N7OS. The molecule has 8 nitrogen and oxygen atoms in total. The summed E-state index contributed by atoms with van der Waals surface area (Å²) in [4.78, 5) is 17.6. The number of aromatic nitrogens is 4. The van der Waals surface area contributed by atoms with Gasteiger partial charge in [0, 0.05) is 50.2 Å². The molecule has 4 heterocycles. The number of aryl methyl sites for hydroxylation is 2. The molecule has 2 fully saturated rings. The molecule has 0 aliphatic carbocycles. The second-order valence-electron chi connectivity index (χ2n) is 10.7. The molecule has 1 N–H and O–H groups in total. The maximum Gasteiger partial charge on any atom is 0.162 e. The predicted octanol–water partition coefficient (Wildman–Crippen LogP) is 4.80. The van der Waals surface area contributed by atoms with Crippen LogP contribution in [0.1, 0.15) is 22.4 Å². The Labute approximate surface area is 242 Å².